The number of rotatable bonds is 7. The molecule has 0 bridgehead atoms. The molecule has 0 aliphatic carbocycles. The van der Waals surface area contributed by atoms with Gasteiger partial charge in [-0.1, -0.05) is 23.7 Å². The second-order valence-corrected chi connectivity index (χ2v) is 6.91. The first-order valence-corrected chi connectivity index (χ1v) is 8.80. The predicted molar refractivity (Wildman–Crippen MR) is 95.3 cm³/mol. The zero-order valence-corrected chi connectivity index (χ0v) is 15.1. The highest BCUT2D eigenvalue weighted by molar-refractivity contribution is 7.17. The van der Waals surface area contributed by atoms with Crippen LogP contribution in [0.1, 0.15) is 35.6 Å². The van der Waals surface area contributed by atoms with Crippen LogP contribution in [0, 0.1) is 6.92 Å². The molecule has 0 saturated carbocycles. The number of amides is 1. The van der Waals surface area contributed by atoms with Crippen LogP contribution >= 0.6 is 22.9 Å². The molecule has 2 aromatic rings. The number of nitrogens with one attached hydrogen (secondary N) is 1. The first-order chi connectivity index (χ1) is 11.0. The van der Waals surface area contributed by atoms with Gasteiger partial charge in [0.05, 0.1) is 11.8 Å². The standard InChI is InChI=1S/C17H21ClN2O2S/c1-11(2)22-9-5-8-19-16(21)15-12(3)20-17(23-15)13-6-4-7-14(18)10-13/h4,6-7,10-11H,5,8-9H2,1-3H3,(H,19,21). The smallest absolute Gasteiger partial charge is 0.263 e. The number of carbonyl (C=O) groups excluding carboxylic acids is 1. The zero-order chi connectivity index (χ0) is 16.8. The maximum atomic E-state index is 12.3. The van der Waals surface area contributed by atoms with Gasteiger partial charge in [-0.3, -0.25) is 4.79 Å². The summed E-state index contributed by atoms with van der Waals surface area (Å²) in [4.78, 5) is 17.4. The number of aromatic nitrogens is 1. The van der Waals surface area contributed by atoms with Gasteiger partial charge in [-0.25, -0.2) is 4.98 Å². The van der Waals surface area contributed by atoms with Gasteiger partial charge in [0, 0.05) is 23.7 Å². The summed E-state index contributed by atoms with van der Waals surface area (Å²) in [6.45, 7) is 7.08. The Bertz CT molecular complexity index is 670. The Kier molecular flexibility index (Phi) is 6.57. The van der Waals surface area contributed by atoms with E-state index >= 15 is 0 Å². The van der Waals surface area contributed by atoms with Crippen LogP contribution in [-0.4, -0.2) is 30.1 Å². The van der Waals surface area contributed by atoms with Gasteiger partial charge in [-0.05, 0) is 39.3 Å². The average Bonchev–Trinajstić information content (AvgIpc) is 2.88. The van der Waals surface area contributed by atoms with Crippen LogP contribution in [0.3, 0.4) is 0 Å². The molecule has 0 aliphatic rings. The van der Waals surface area contributed by atoms with Crippen molar-refractivity contribution >= 4 is 28.8 Å². The normalized spacial score (nSPS) is 11.0. The summed E-state index contributed by atoms with van der Waals surface area (Å²) in [5, 5.41) is 4.38. The van der Waals surface area contributed by atoms with Gasteiger partial charge in [0.1, 0.15) is 9.88 Å². The van der Waals surface area contributed by atoms with E-state index in [0.717, 1.165) is 22.7 Å². The van der Waals surface area contributed by atoms with Gasteiger partial charge in [0.25, 0.3) is 5.91 Å². The van der Waals surface area contributed by atoms with E-state index in [2.05, 4.69) is 10.3 Å². The van der Waals surface area contributed by atoms with Crippen LogP contribution in [0.2, 0.25) is 5.02 Å². The molecule has 124 valence electrons. The molecular formula is C17H21ClN2O2S. The van der Waals surface area contributed by atoms with Crippen molar-refractivity contribution in [2.75, 3.05) is 13.2 Å². The highest BCUT2D eigenvalue weighted by Gasteiger charge is 2.16. The average molecular weight is 353 g/mol. The quantitative estimate of drug-likeness (QED) is 0.755. The highest BCUT2D eigenvalue weighted by atomic mass is 35.5. The van der Waals surface area contributed by atoms with Crippen molar-refractivity contribution in [3.8, 4) is 10.6 Å². The monoisotopic (exact) mass is 352 g/mol. The van der Waals surface area contributed by atoms with E-state index < -0.39 is 0 Å². The lowest BCUT2D eigenvalue weighted by Gasteiger charge is -2.07. The highest BCUT2D eigenvalue weighted by Crippen LogP contribution is 2.29. The van der Waals surface area contributed by atoms with Gasteiger partial charge in [0.15, 0.2) is 0 Å². The third-order valence-electron chi connectivity index (χ3n) is 3.13. The number of halogens is 1. The number of thiazole rings is 1. The minimum absolute atomic E-state index is 0.0853. The fraction of sp³-hybridized carbons (Fsp3) is 0.412. The Labute approximate surface area is 145 Å². The minimum Gasteiger partial charge on any atom is -0.379 e. The molecular weight excluding hydrogens is 332 g/mol. The molecule has 0 spiro atoms. The molecule has 0 saturated heterocycles. The number of hydrogen-bond acceptors (Lipinski definition) is 4. The van der Waals surface area contributed by atoms with E-state index in [-0.39, 0.29) is 12.0 Å². The van der Waals surface area contributed by atoms with Crippen molar-refractivity contribution in [3.05, 3.63) is 39.9 Å². The Morgan fingerprint density at radius 3 is 2.91 bits per heavy atom. The molecule has 0 fully saturated rings. The van der Waals surface area contributed by atoms with Gasteiger partial charge in [-0.15, -0.1) is 11.3 Å². The molecule has 1 heterocycles. The van der Waals surface area contributed by atoms with Crippen LogP contribution in [0.4, 0.5) is 0 Å². The third kappa shape index (κ3) is 5.30. The second-order valence-electron chi connectivity index (χ2n) is 5.47. The largest absolute Gasteiger partial charge is 0.379 e. The van der Waals surface area contributed by atoms with E-state index in [9.17, 15) is 4.79 Å². The summed E-state index contributed by atoms with van der Waals surface area (Å²) in [6.07, 6.45) is 1.01. The number of nitrogens with zero attached hydrogens (tertiary/aromatic N) is 1. The molecule has 6 heteroatoms. The zero-order valence-electron chi connectivity index (χ0n) is 13.6. The molecule has 0 aliphatic heterocycles. The second kappa shape index (κ2) is 8.43. The maximum absolute atomic E-state index is 12.3. The van der Waals surface area contributed by atoms with Crippen molar-refractivity contribution in [1.29, 1.82) is 0 Å². The number of ether oxygens (including phenoxy) is 1. The Morgan fingerprint density at radius 1 is 1.43 bits per heavy atom. The van der Waals surface area contributed by atoms with E-state index in [1.165, 1.54) is 11.3 Å². The SMILES string of the molecule is Cc1nc(-c2cccc(Cl)c2)sc1C(=O)NCCCOC(C)C. The lowest BCUT2D eigenvalue weighted by Crippen LogP contribution is -2.25. The topological polar surface area (TPSA) is 51.2 Å². The van der Waals surface area contributed by atoms with Gasteiger partial charge >= 0.3 is 0 Å². The number of benzene rings is 1. The van der Waals surface area contributed by atoms with Crippen LogP contribution in [0.5, 0.6) is 0 Å². The Hall–Kier alpha value is -1.43. The molecule has 1 aromatic carbocycles. The molecule has 0 atom stereocenters. The predicted octanol–water partition coefficient (Wildman–Crippen LogP) is 4.32. The first kappa shape index (κ1) is 17.9. The molecule has 23 heavy (non-hydrogen) atoms. The summed E-state index contributed by atoms with van der Waals surface area (Å²) in [5.41, 5.74) is 1.66. The minimum atomic E-state index is -0.0853. The van der Waals surface area contributed by atoms with E-state index in [1.54, 1.807) is 0 Å². The van der Waals surface area contributed by atoms with Crippen LogP contribution < -0.4 is 5.32 Å². The summed E-state index contributed by atoms with van der Waals surface area (Å²) in [5.74, 6) is -0.0853. The molecule has 0 radical (unpaired) electrons. The van der Waals surface area contributed by atoms with Crippen LogP contribution in [0.15, 0.2) is 24.3 Å². The third-order valence-corrected chi connectivity index (χ3v) is 4.57. The van der Waals surface area contributed by atoms with Crippen molar-refractivity contribution in [1.82, 2.24) is 10.3 Å². The van der Waals surface area contributed by atoms with E-state index in [1.807, 2.05) is 45.0 Å². The molecule has 0 unspecified atom stereocenters. The molecule has 4 nitrogen and oxygen atoms in total. The lowest BCUT2D eigenvalue weighted by atomic mass is 10.2. The van der Waals surface area contributed by atoms with Crippen molar-refractivity contribution in [3.63, 3.8) is 0 Å². The summed E-state index contributed by atoms with van der Waals surface area (Å²) in [7, 11) is 0. The molecule has 1 aromatic heterocycles. The maximum Gasteiger partial charge on any atom is 0.263 e. The van der Waals surface area contributed by atoms with Crippen LogP contribution in [0.25, 0.3) is 10.6 Å². The van der Waals surface area contributed by atoms with Crippen molar-refractivity contribution in [2.45, 2.75) is 33.3 Å². The molecule has 2 rings (SSSR count). The van der Waals surface area contributed by atoms with E-state index in [0.29, 0.717) is 23.1 Å². The number of carbonyl (C=O) groups is 1. The number of hydrogen-bond donors (Lipinski definition) is 1. The number of aryl methyl sites for hydroxylation is 1. The van der Waals surface area contributed by atoms with Gasteiger partial charge in [-0.2, -0.15) is 0 Å². The summed E-state index contributed by atoms with van der Waals surface area (Å²) < 4.78 is 5.45. The summed E-state index contributed by atoms with van der Waals surface area (Å²) >= 11 is 7.40. The van der Waals surface area contributed by atoms with Gasteiger partial charge in [0.2, 0.25) is 0 Å². The lowest BCUT2D eigenvalue weighted by molar-refractivity contribution is 0.0757. The Morgan fingerprint density at radius 2 is 2.22 bits per heavy atom. The van der Waals surface area contributed by atoms with Crippen molar-refractivity contribution in [2.24, 2.45) is 0 Å². The molecule has 1 amide bonds. The Balaban J connectivity index is 1.96. The summed E-state index contributed by atoms with van der Waals surface area (Å²) in [6, 6.07) is 7.49. The van der Waals surface area contributed by atoms with Gasteiger partial charge < -0.3 is 10.1 Å². The fourth-order valence-electron chi connectivity index (χ4n) is 2.03. The fourth-order valence-corrected chi connectivity index (χ4v) is 3.19. The van der Waals surface area contributed by atoms with E-state index in [4.69, 9.17) is 16.3 Å². The first-order valence-electron chi connectivity index (χ1n) is 7.60. The molecule has 1 N–H and O–H groups in total. The van der Waals surface area contributed by atoms with Crippen molar-refractivity contribution < 1.29 is 9.53 Å². The van der Waals surface area contributed by atoms with Crippen LogP contribution in [-0.2, 0) is 4.74 Å².